The van der Waals surface area contributed by atoms with Gasteiger partial charge in [-0.1, -0.05) is 0 Å². The van der Waals surface area contributed by atoms with E-state index in [2.05, 4.69) is 41.0 Å². The lowest BCUT2D eigenvalue weighted by Crippen LogP contribution is -2.41. The van der Waals surface area contributed by atoms with Gasteiger partial charge in [0.1, 0.15) is 0 Å². The van der Waals surface area contributed by atoms with Crippen LogP contribution in [0.3, 0.4) is 0 Å². The van der Waals surface area contributed by atoms with E-state index in [9.17, 15) is 4.79 Å². The number of carbonyl (C=O) groups is 1. The van der Waals surface area contributed by atoms with Gasteiger partial charge in [-0.3, -0.25) is 9.48 Å². The van der Waals surface area contributed by atoms with E-state index in [0.717, 1.165) is 54.1 Å². The molecular formula is C24H32N10O2S. The highest BCUT2D eigenvalue weighted by Gasteiger charge is 2.19. The molecule has 0 saturated carbocycles. The number of anilines is 4. The second-order valence-electron chi connectivity index (χ2n) is 9.21. The number of methoxy groups -OCH3 is 1. The molecule has 3 N–H and O–H groups in total. The summed E-state index contributed by atoms with van der Waals surface area (Å²) in [6.07, 6.45) is 7.74. The van der Waals surface area contributed by atoms with E-state index in [-0.39, 0.29) is 5.91 Å². The number of aryl methyl sites for hydroxylation is 3. The second-order valence-corrected chi connectivity index (χ2v) is 10.3. The highest BCUT2D eigenvalue weighted by Crippen LogP contribution is 2.32. The Kier molecular flexibility index (Phi) is 7.35. The lowest BCUT2D eigenvalue weighted by Gasteiger charge is -2.31. The number of amides is 1. The van der Waals surface area contributed by atoms with Crippen molar-refractivity contribution in [1.29, 1.82) is 0 Å². The molecule has 0 bridgehead atoms. The Morgan fingerprint density at radius 2 is 2.03 bits per heavy atom. The molecule has 1 fully saturated rings. The Labute approximate surface area is 219 Å². The molecule has 1 aliphatic rings. The molecule has 37 heavy (non-hydrogen) atoms. The number of rotatable bonds is 9. The summed E-state index contributed by atoms with van der Waals surface area (Å²) in [6.45, 7) is 5.45. The van der Waals surface area contributed by atoms with Gasteiger partial charge in [0.05, 0.1) is 33.3 Å². The normalized spacial score (nSPS) is 14.8. The van der Waals surface area contributed by atoms with Crippen molar-refractivity contribution in [3.63, 3.8) is 0 Å². The zero-order chi connectivity index (χ0) is 25.9. The Bertz CT molecular complexity index is 1390. The maximum absolute atomic E-state index is 12.8. The summed E-state index contributed by atoms with van der Waals surface area (Å²) in [5.74, 6) is 1.04. The number of hydrogen-bond acceptors (Lipinski definition) is 10. The van der Waals surface area contributed by atoms with Gasteiger partial charge >= 0.3 is 0 Å². The van der Waals surface area contributed by atoms with Gasteiger partial charge in [-0.05, 0) is 31.4 Å². The number of likely N-dealkylation sites (tertiary alicyclic amines) is 1. The highest BCUT2D eigenvalue weighted by atomic mass is 32.1. The molecule has 0 aromatic carbocycles. The van der Waals surface area contributed by atoms with E-state index in [4.69, 9.17) is 4.74 Å². The van der Waals surface area contributed by atoms with Gasteiger partial charge in [0.15, 0.2) is 11.5 Å². The molecular weight excluding hydrogens is 492 g/mol. The van der Waals surface area contributed by atoms with Crippen molar-refractivity contribution in [2.24, 2.45) is 14.1 Å². The van der Waals surface area contributed by atoms with Gasteiger partial charge in [-0.2, -0.15) is 15.2 Å². The zero-order valence-corrected chi connectivity index (χ0v) is 22.3. The number of fused-ring (bicyclic) bond motifs is 1. The molecule has 0 aliphatic carbocycles. The Morgan fingerprint density at radius 3 is 2.76 bits per heavy atom. The summed E-state index contributed by atoms with van der Waals surface area (Å²) in [7, 11) is 5.46. The fourth-order valence-electron chi connectivity index (χ4n) is 4.41. The summed E-state index contributed by atoms with van der Waals surface area (Å²) in [4.78, 5) is 24.9. The fraction of sp³-hybridized carbons (Fsp3) is 0.458. The number of hydrogen-bond donors (Lipinski definition) is 3. The molecule has 4 aromatic heterocycles. The largest absolute Gasteiger partial charge is 0.381 e. The smallest absolute Gasteiger partial charge is 0.261 e. The minimum absolute atomic E-state index is 0.0618. The van der Waals surface area contributed by atoms with Crippen molar-refractivity contribution in [3.05, 3.63) is 35.1 Å². The molecule has 196 valence electrons. The van der Waals surface area contributed by atoms with E-state index in [1.54, 1.807) is 28.9 Å². The van der Waals surface area contributed by atoms with Crippen LogP contribution in [0.15, 0.2) is 24.7 Å². The highest BCUT2D eigenvalue weighted by molar-refractivity contribution is 7.18. The molecule has 12 nitrogen and oxygen atoms in total. The van der Waals surface area contributed by atoms with Crippen LogP contribution in [-0.2, 0) is 18.8 Å². The van der Waals surface area contributed by atoms with E-state index in [1.807, 2.05) is 33.3 Å². The van der Waals surface area contributed by atoms with Crippen LogP contribution < -0.4 is 16.0 Å². The van der Waals surface area contributed by atoms with Gasteiger partial charge in [-0.15, -0.1) is 11.3 Å². The molecule has 1 amide bonds. The van der Waals surface area contributed by atoms with Crippen molar-refractivity contribution in [2.75, 3.05) is 43.9 Å². The lowest BCUT2D eigenvalue weighted by molar-refractivity contribution is 0.0413. The van der Waals surface area contributed by atoms with Crippen LogP contribution in [0.2, 0.25) is 0 Å². The number of aromatic nitrogens is 6. The van der Waals surface area contributed by atoms with Crippen molar-refractivity contribution < 1.29 is 9.53 Å². The molecule has 4 aromatic rings. The first-order chi connectivity index (χ1) is 17.9. The summed E-state index contributed by atoms with van der Waals surface area (Å²) in [6, 6.07) is 1.91. The Hall–Kier alpha value is -3.55. The van der Waals surface area contributed by atoms with E-state index < -0.39 is 0 Å². The van der Waals surface area contributed by atoms with Crippen LogP contribution in [0.1, 0.15) is 28.1 Å². The number of ether oxygens (including phenoxy) is 1. The van der Waals surface area contributed by atoms with Crippen molar-refractivity contribution in [1.82, 2.24) is 39.7 Å². The molecule has 0 radical (unpaired) electrons. The third-order valence-electron chi connectivity index (χ3n) is 6.50. The van der Waals surface area contributed by atoms with Crippen LogP contribution in [0.5, 0.6) is 0 Å². The quantitative estimate of drug-likeness (QED) is 0.303. The predicted molar refractivity (Wildman–Crippen MR) is 144 cm³/mol. The van der Waals surface area contributed by atoms with Crippen LogP contribution in [-0.4, -0.2) is 79.7 Å². The van der Waals surface area contributed by atoms with Gasteiger partial charge in [0, 0.05) is 59.8 Å². The van der Waals surface area contributed by atoms with Crippen LogP contribution in [0, 0.1) is 6.92 Å². The Morgan fingerprint density at radius 1 is 1.22 bits per heavy atom. The predicted octanol–water partition coefficient (Wildman–Crippen LogP) is 2.79. The standard InChI is InChI=1S/C24H32N10O2S/c1-15-11-19(22(35)25-7-10-34-8-5-17(36-4)6-9-34)37-23(15)29-20-18-13-26-24(30-21(18)33(3)31-20)28-16-12-27-32(2)14-16/h11-14,17H,5-10H2,1-4H3,(H,25,35)(H,29,31)(H,26,28,30). The number of nitrogens with zero attached hydrogens (tertiary/aromatic N) is 7. The van der Waals surface area contributed by atoms with Gasteiger partial charge in [-0.25, -0.2) is 9.67 Å². The fourth-order valence-corrected chi connectivity index (χ4v) is 5.40. The number of thiophene rings is 1. The maximum atomic E-state index is 12.8. The average Bonchev–Trinajstić information content (AvgIpc) is 3.57. The topological polar surface area (TPSA) is 127 Å². The number of piperidine rings is 1. The lowest BCUT2D eigenvalue weighted by atomic mass is 10.1. The first-order valence-electron chi connectivity index (χ1n) is 12.3. The molecule has 5 rings (SSSR count). The van der Waals surface area contributed by atoms with Crippen LogP contribution >= 0.6 is 11.3 Å². The third kappa shape index (κ3) is 5.73. The number of nitrogens with one attached hydrogen (secondary N) is 3. The third-order valence-corrected chi connectivity index (χ3v) is 7.65. The Balaban J connectivity index is 1.21. The van der Waals surface area contributed by atoms with Crippen LogP contribution in [0.25, 0.3) is 11.0 Å². The zero-order valence-electron chi connectivity index (χ0n) is 21.5. The minimum atomic E-state index is -0.0618. The molecule has 1 saturated heterocycles. The van der Waals surface area contributed by atoms with E-state index >= 15 is 0 Å². The monoisotopic (exact) mass is 524 g/mol. The van der Waals surface area contributed by atoms with E-state index in [1.165, 1.54) is 11.3 Å². The van der Waals surface area contributed by atoms with Gasteiger partial charge in [0.2, 0.25) is 5.95 Å². The van der Waals surface area contributed by atoms with Crippen LogP contribution in [0.4, 0.5) is 22.5 Å². The second kappa shape index (κ2) is 10.8. The van der Waals surface area contributed by atoms with E-state index in [0.29, 0.717) is 34.9 Å². The van der Waals surface area contributed by atoms with Gasteiger partial charge in [0.25, 0.3) is 5.91 Å². The summed E-state index contributed by atoms with van der Waals surface area (Å²) >= 11 is 1.41. The number of carbonyl (C=O) groups excluding carboxylic acids is 1. The first-order valence-corrected chi connectivity index (χ1v) is 13.1. The first kappa shape index (κ1) is 25.1. The molecule has 5 heterocycles. The maximum Gasteiger partial charge on any atom is 0.261 e. The molecule has 0 spiro atoms. The van der Waals surface area contributed by atoms with Crippen molar-refractivity contribution in [3.8, 4) is 0 Å². The molecule has 13 heteroatoms. The summed E-state index contributed by atoms with van der Waals surface area (Å²) < 4.78 is 8.84. The summed E-state index contributed by atoms with van der Waals surface area (Å²) in [5.41, 5.74) is 2.47. The SMILES string of the molecule is COC1CCN(CCNC(=O)c2cc(C)c(Nc3nn(C)c4nc(Nc5cnn(C)c5)ncc34)s2)CC1. The average molecular weight is 525 g/mol. The van der Waals surface area contributed by atoms with Crippen molar-refractivity contribution in [2.45, 2.75) is 25.9 Å². The molecule has 1 aliphatic heterocycles. The van der Waals surface area contributed by atoms with Gasteiger partial charge < -0.3 is 25.6 Å². The van der Waals surface area contributed by atoms with Crippen molar-refractivity contribution >= 4 is 50.7 Å². The summed E-state index contributed by atoms with van der Waals surface area (Å²) in [5, 5.41) is 20.0. The minimum Gasteiger partial charge on any atom is -0.381 e. The molecule has 0 atom stereocenters. The molecule has 0 unspecified atom stereocenters.